The number of nitrogens with zero attached hydrogens (tertiary/aromatic N) is 3. The molecule has 0 unspecified atom stereocenters. The van der Waals surface area contributed by atoms with Gasteiger partial charge in [-0.1, -0.05) is 35.3 Å². The highest BCUT2D eigenvalue weighted by molar-refractivity contribution is 7.15. The summed E-state index contributed by atoms with van der Waals surface area (Å²) < 4.78 is 57.4. The van der Waals surface area contributed by atoms with Gasteiger partial charge in [0.1, 0.15) is 12.4 Å². The number of rotatable bonds is 4. The van der Waals surface area contributed by atoms with E-state index < -0.39 is 23.1 Å². The Hall–Kier alpha value is -3.47. The average molecular weight is 581 g/mol. The Morgan fingerprint density at radius 3 is 2.53 bits per heavy atom. The molecule has 2 aromatic carbocycles. The van der Waals surface area contributed by atoms with Crippen LogP contribution in [0.1, 0.15) is 16.0 Å². The van der Waals surface area contributed by atoms with Crippen molar-refractivity contribution in [2.45, 2.75) is 19.6 Å². The van der Waals surface area contributed by atoms with E-state index in [4.69, 9.17) is 23.2 Å². The van der Waals surface area contributed by atoms with Crippen LogP contribution in [0, 0.1) is 12.7 Å². The molecule has 0 aliphatic heterocycles. The zero-order valence-corrected chi connectivity index (χ0v) is 21.7. The summed E-state index contributed by atoms with van der Waals surface area (Å²) in [4.78, 5) is 18.3. The van der Waals surface area contributed by atoms with E-state index in [1.165, 1.54) is 32.4 Å². The molecule has 5 rings (SSSR count). The van der Waals surface area contributed by atoms with Crippen molar-refractivity contribution in [3.8, 4) is 28.1 Å². The quantitative estimate of drug-likeness (QED) is 0.186. The Kier molecular flexibility index (Phi) is 6.66. The molecule has 3 heterocycles. The standard InChI is InChI=1S/C26H15Cl2F4N3O2S/c1-13-3-2-8-34-22(13)35(12-16-11-33-25(28)38-16)24(37)21(23(34)36)14-4-7-20(29)18(9-14)17-6-5-15(10-19(17)27)26(30,31)32/h2-11H,12H2,1H3/p+1. The molecule has 0 saturated heterocycles. The highest BCUT2D eigenvalue weighted by Crippen LogP contribution is 2.38. The van der Waals surface area contributed by atoms with Gasteiger partial charge in [-0.05, 0) is 48.9 Å². The Morgan fingerprint density at radius 2 is 1.87 bits per heavy atom. The maximum atomic E-state index is 14.9. The average Bonchev–Trinajstić information content (AvgIpc) is 3.27. The first-order valence-electron chi connectivity index (χ1n) is 11.0. The van der Waals surface area contributed by atoms with Crippen LogP contribution >= 0.6 is 34.5 Å². The van der Waals surface area contributed by atoms with E-state index in [2.05, 4.69) is 4.98 Å². The number of thiazole rings is 1. The molecule has 0 atom stereocenters. The van der Waals surface area contributed by atoms with Crippen molar-refractivity contribution in [1.82, 2.24) is 9.38 Å². The summed E-state index contributed by atoms with van der Waals surface area (Å²) in [6.45, 7) is 1.92. The monoisotopic (exact) mass is 580 g/mol. The Bertz CT molecular complexity index is 1780. The molecule has 0 fully saturated rings. The Balaban J connectivity index is 1.74. The first-order chi connectivity index (χ1) is 18.0. The summed E-state index contributed by atoms with van der Waals surface area (Å²) in [5.41, 5.74) is -0.532. The molecule has 0 radical (unpaired) electrons. The maximum absolute atomic E-state index is 14.9. The normalized spacial score (nSPS) is 11.9. The summed E-state index contributed by atoms with van der Waals surface area (Å²) in [7, 11) is 0. The molecule has 194 valence electrons. The van der Waals surface area contributed by atoms with Crippen molar-refractivity contribution >= 4 is 40.2 Å². The van der Waals surface area contributed by atoms with E-state index >= 15 is 0 Å². The van der Waals surface area contributed by atoms with Gasteiger partial charge in [0.2, 0.25) is 0 Å². The number of halogens is 6. The molecule has 0 bridgehead atoms. The third-order valence-electron chi connectivity index (χ3n) is 6.01. The number of hydrogen-bond donors (Lipinski definition) is 1. The van der Waals surface area contributed by atoms with Gasteiger partial charge in [0.15, 0.2) is 10.0 Å². The largest absolute Gasteiger partial charge is 0.477 e. The van der Waals surface area contributed by atoms with Crippen LogP contribution in [0.5, 0.6) is 5.88 Å². The van der Waals surface area contributed by atoms with Crippen molar-refractivity contribution in [2.24, 2.45) is 0 Å². The minimum Gasteiger partial charge on any atom is -0.477 e. The lowest BCUT2D eigenvalue weighted by atomic mass is 9.98. The number of benzene rings is 2. The zero-order chi connectivity index (χ0) is 27.4. The van der Waals surface area contributed by atoms with Gasteiger partial charge in [0.05, 0.1) is 16.6 Å². The van der Waals surface area contributed by atoms with Crippen molar-refractivity contribution in [2.75, 3.05) is 0 Å². The van der Waals surface area contributed by atoms with E-state index in [-0.39, 0.29) is 39.7 Å². The molecular formula is C26H16Cl2F4N3O2S+. The lowest BCUT2D eigenvalue weighted by molar-refractivity contribution is -0.671. The predicted octanol–water partition coefficient (Wildman–Crippen LogP) is 6.90. The number of aryl methyl sites for hydroxylation is 1. The third kappa shape index (κ3) is 4.63. The molecule has 3 aromatic heterocycles. The SMILES string of the molecule is Cc1cccn2c(=O)c(-c3ccc(F)c(-c4ccc(C(F)(F)F)cc4Cl)c3)c(O)[n+](Cc3cnc(Cl)s3)c12. The number of aromatic hydroxyl groups is 1. The first-order valence-corrected chi connectivity index (χ1v) is 12.6. The Morgan fingerprint density at radius 1 is 1.11 bits per heavy atom. The lowest BCUT2D eigenvalue weighted by Crippen LogP contribution is -2.41. The number of hydrogen-bond acceptors (Lipinski definition) is 4. The lowest BCUT2D eigenvalue weighted by Gasteiger charge is -2.13. The number of pyridine rings is 1. The van der Waals surface area contributed by atoms with Gasteiger partial charge in [0, 0.05) is 27.9 Å². The highest BCUT2D eigenvalue weighted by Gasteiger charge is 2.32. The molecule has 12 heteroatoms. The summed E-state index contributed by atoms with van der Waals surface area (Å²) in [6.07, 6.45) is -1.52. The number of fused-ring (bicyclic) bond motifs is 1. The second kappa shape index (κ2) is 9.68. The van der Waals surface area contributed by atoms with Gasteiger partial charge in [-0.2, -0.15) is 22.1 Å². The minimum atomic E-state index is -4.62. The third-order valence-corrected chi connectivity index (χ3v) is 7.42. The fourth-order valence-corrected chi connectivity index (χ4v) is 5.53. The molecule has 0 amide bonds. The smallest absolute Gasteiger partial charge is 0.416 e. The van der Waals surface area contributed by atoms with Crippen LogP contribution in [-0.4, -0.2) is 14.5 Å². The minimum absolute atomic E-state index is 0.00224. The highest BCUT2D eigenvalue weighted by atomic mass is 35.5. The fraction of sp³-hybridized carbons (Fsp3) is 0.115. The van der Waals surface area contributed by atoms with Gasteiger partial charge < -0.3 is 5.11 Å². The summed E-state index contributed by atoms with van der Waals surface area (Å²) >= 11 is 13.3. The van der Waals surface area contributed by atoms with E-state index in [9.17, 15) is 27.5 Å². The van der Waals surface area contributed by atoms with Gasteiger partial charge in [-0.25, -0.2) is 14.2 Å². The molecule has 5 nitrogen and oxygen atoms in total. The molecular weight excluding hydrogens is 565 g/mol. The van der Waals surface area contributed by atoms with Crippen LogP contribution in [-0.2, 0) is 12.7 Å². The maximum Gasteiger partial charge on any atom is 0.416 e. The molecule has 0 spiro atoms. The first kappa shape index (κ1) is 26.1. The van der Waals surface area contributed by atoms with Crippen molar-refractivity contribution in [3.05, 3.63) is 103 Å². The van der Waals surface area contributed by atoms with Crippen molar-refractivity contribution in [3.63, 3.8) is 0 Å². The zero-order valence-electron chi connectivity index (χ0n) is 19.4. The molecule has 0 aliphatic carbocycles. The van der Waals surface area contributed by atoms with Gasteiger partial charge in [-0.15, -0.1) is 11.3 Å². The number of aromatic nitrogens is 3. The van der Waals surface area contributed by atoms with Gasteiger partial charge in [0.25, 0.3) is 11.5 Å². The summed E-state index contributed by atoms with van der Waals surface area (Å²) in [6, 6.07) is 9.69. The van der Waals surface area contributed by atoms with Crippen LogP contribution in [0.15, 0.2) is 65.7 Å². The van der Waals surface area contributed by atoms with E-state index in [0.29, 0.717) is 26.6 Å². The van der Waals surface area contributed by atoms with Crippen molar-refractivity contribution in [1.29, 1.82) is 0 Å². The fourth-order valence-electron chi connectivity index (χ4n) is 4.28. The molecule has 1 N–H and O–H groups in total. The van der Waals surface area contributed by atoms with Crippen LogP contribution in [0.2, 0.25) is 9.49 Å². The molecule has 0 saturated carbocycles. The second-order valence-electron chi connectivity index (χ2n) is 8.44. The Labute approximate surface area is 226 Å². The van der Waals surface area contributed by atoms with Crippen molar-refractivity contribution < 1.29 is 27.2 Å². The van der Waals surface area contributed by atoms with Crippen LogP contribution in [0.4, 0.5) is 17.6 Å². The van der Waals surface area contributed by atoms with Gasteiger partial charge in [-0.3, -0.25) is 0 Å². The predicted molar refractivity (Wildman–Crippen MR) is 137 cm³/mol. The summed E-state index contributed by atoms with van der Waals surface area (Å²) in [5.74, 6) is -1.15. The van der Waals surface area contributed by atoms with Crippen LogP contribution < -0.4 is 10.1 Å². The van der Waals surface area contributed by atoms with Crippen LogP contribution in [0.3, 0.4) is 0 Å². The van der Waals surface area contributed by atoms with E-state index in [0.717, 1.165) is 18.2 Å². The second-order valence-corrected chi connectivity index (χ2v) is 10.5. The van der Waals surface area contributed by atoms with Gasteiger partial charge >= 0.3 is 11.7 Å². The summed E-state index contributed by atoms with van der Waals surface area (Å²) in [5, 5.41) is 11.1. The van der Waals surface area contributed by atoms with E-state index in [1.54, 1.807) is 31.5 Å². The van der Waals surface area contributed by atoms with Crippen LogP contribution in [0.25, 0.3) is 27.9 Å². The topological polar surface area (TPSA) is 58.5 Å². The number of alkyl halides is 3. The molecule has 5 aromatic rings. The van der Waals surface area contributed by atoms with E-state index in [1.807, 2.05) is 0 Å². The molecule has 0 aliphatic rings. The molecule has 38 heavy (non-hydrogen) atoms.